The van der Waals surface area contributed by atoms with Gasteiger partial charge in [-0.2, -0.15) is 0 Å². The minimum absolute atomic E-state index is 0.219. The topological polar surface area (TPSA) is 92.8 Å². The second-order valence-electron chi connectivity index (χ2n) is 7.66. The Labute approximate surface area is 181 Å². The summed E-state index contributed by atoms with van der Waals surface area (Å²) in [5.41, 5.74) is 7.89. The lowest BCUT2D eigenvalue weighted by Gasteiger charge is -2.13. The number of aryl methyl sites for hydroxylation is 1. The maximum absolute atomic E-state index is 12.4. The summed E-state index contributed by atoms with van der Waals surface area (Å²) in [6.45, 7) is 0.411. The van der Waals surface area contributed by atoms with Gasteiger partial charge in [0.2, 0.25) is 0 Å². The summed E-state index contributed by atoms with van der Waals surface area (Å²) < 4.78 is 4.97. The Kier molecular flexibility index (Phi) is 11.2. The molecule has 1 aliphatic carbocycles. The van der Waals surface area contributed by atoms with Gasteiger partial charge in [-0.3, -0.25) is 4.79 Å². The lowest BCUT2D eigenvalue weighted by molar-refractivity contribution is 0.0979. The first-order valence-corrected chi connectivity index (χ1v) is 11.8. The van der Waals surface area contributed by atoms with E-state index in [0.717, 1.165) is 44.1 Å². The van der Waals surface area contributed by atoms with Gasteiger partial charge in [0.25, 0.3) is 0 Å². The molecule has 1 saturated carbocycles. The van der Waals surface area contributed by atoms with Crippen molar-refractivity contribution in [3.8, 4) is 0 Å². The zero-order valence-corrected chi connectivity index (χ0v) is 18.6. The van der Waals surface area contributed by atoms with Crippen LogP contribution in [0.25, 0.3) is 0 Å². The number of hydrogen-bond donors (Lipinski definition) is 3. The molecule has 3 rings (SSSR count). The lowest BCUT2D eigenvalue weighted by atomic mass is 9.94. The Bertz CT molecular complexity index is 737. The maximum Gasteiger partial charge on any atom is 0.327 e. The van der Waals surface area contributed by atoms with Crippen LogP contribution in [-0.2, 0) is 10.9 Å². The predicted molar refractivity (Wildman–Crippen MR) is 122 cm³/mol. The molecule has 0 saturated heterocycles. The number of carbonyl (C=O) groups excluding carboxylic acids is 1. The van der Waals surface area contributed by atoms with E-state index in [1.54, 1.807) is 0 Å². The van der Waals surface area contributed by atoms with Crippen LogP contribution in [0.3, 0.4) is 0 Å². The summed E-state index contributed by atoms with van der Waals surface area (Å²) in [6, 6.07) is 18.5. The van der Waals surface area contributed by atoms with Crippen LogP contribution < -0.4 is 5.73 Å². The molecule has 2 aromatic carbocycles. The van der Waals surface area contributed by atoms with Gasteiger partial charge in [0, 0.05) is 12.0 Å². The maximum atomic E-state index is 12.4. The molecule has 0 spiro atoms. The highest BCUT2D eigenvalue weighted by Crippen LogP contribution is 2.40. The molecule has 0 heterocycles. The third-order valence-corrected chi connectivity index (χ3v) is 6.01. The van der Waals surface area contributed by atoms with Crippen molar-refractivity contribution in [2.75, 3.05) is 13.7 Å². The first-order valence-electron chi connectivity index (χ1n) is 10.7. The van der Waals surface area contributed by atoms with E-state index in [-0.39, 0.29) is 5.78 Å². The quantitative estimate of drug-likeness (QED) is 0.281. The lowest BCUT2D eigenvalue weighted by Crippen LogP contribution is -2.04. The molecular formula is C24H34NO4P. The molecule has 1 fully saturated rings. The van der Waals surface area contributed by atoms with Crippen molar-refractivity contribution in [2.45, 2.75) is 50.9 Å². The summed E-state index contributed by atoms with van der Waals surface area (Å²) in [4.78, 5) is 30.2. The summed E-state index contributed by atoms with van der Waals surface area (Å²) in [6.07, 6.45) is 6.68. The summed E-state index contributed by atoms with van der Waals surface area (Å²) in [7, 11) is -0.754. The number of nitrogens with two attached hydrogens (primary N) is 1. The first-order chi connectivity index (χ1) is 14.6. The van der Waals surface area contributed by atoms with Crippen molar-refractivity contribution >= 4 is 14.4 Å². The number of ketones is 1. The summed E-state index contributed by atoms with van der Waals surface area (Å²) in [5, 5.41) is 0. The third-order valence-electron chi connectivity index (χ3n) is 5.63. The van der Waals surface area contributed by atoms with Crippen LogP contribution >= 0.6 is 8.60 Å². The van der Waals surface area contributed by atoms with Crippen molar-refractivity contribution in [3.63, 3.8) is 0 Å². The van der Waals surface area contributed by atoms with Gasteiger partial charge >= 0.3 is 8.60 Å². The molecule has 0 bridgehead atoms. The standard InChI is InChI=1S/C23H29O4P.CH5N/c24-23(9-5-4-8-18-6-2-1-3-7-18)21-14-12-20(13-15-21)22-11-10-19(16-22)17-27-28(25)26;1-2/h1-3,6-7,12-15,19,22,25-26H,4-5,8-11,16-17H2;2H2,1H3. The average Bonchev–Trinajstić information content (AvgIpc) is 3.26. The van der Waals surface area contributed by atoms with E-state index in [1.165, 1.54) is 18.2 Å². The van der Waals surface area contributed by atoms with Gasteiger partial charge in [-0.25, -0.2) is 0 Å². The van der Waals surface area contributed by atoms with E-state index in [0.29, 0.717) is 24.9 Å². The number of unbranched alkanes of at least 4 members (excludes halogenated alkanes) is 1. The molecule has 5 nitrogen and oxygen atoms in total. The molecule has 2 atom stereocenters. The smallest absolute Gasteiger partial charge is 0.327 e. The van der Waals surface area contributed by atoms with Crippen LogP contribution in [0.1, 0.15) is 65.9 Å². The molecule has 1 aliphatic rings. The third kappa shape index (κ3) is 8.25. The fraction of sp³-hybridized carbons (Fsp3) is 0.458. The molecule has 0 radical (unpaired) electrons. The second kappa shape index (κ2) is 13.6. The molecule has 6 heteroatoms. The minimum atomic E-state index is -2.25. The van der Waals surface area contributed by atoms with Gasteiger partial charge in [0.15, 0.2) is 5.78 Å². The Balaban J connectivity index is 0.00000155. The Morgan fingerprint density at radius 2 is 1.73 bits per heavy atom. The van der Waals surface area contributed by atoms with E-state index in [2.05, 4.69) is 42.1 Å². The molecule has 30 heavy (non-hydrogen) atoms. The Hall–Kier alpha value is -1.62. The zero-order chi connectivity index (χ0) is 21.8. The molecular weight excluding hydrogens is 397 g/mol. The molecule has 164 valence electrons. The fourth-order valence-corrected chi connectivity index (χ4v) is 4.39. The summed E-state index contributed by atoms with van der Waals surface area (Å²) in [5.74, 6) is 1.06. The van der Waals surface area contributed by atoms with Gasteiger partial charge in [0.1, 0.15) is 0 Å². The van der Waals surface area contributed by atoms with Crippen LogP contribution in [0.2, 0.25) is 0 Å². The van der Waals surface area contributed by atoms with Gasteiger partial charge < -0.3 is 20.0 Å². The van der Waals surface area contributed by atoms with Gasteiger partial charge in [-0.05, 0) is 68.5 Å². The average molecular weight is 432 g/mol. The fourth-order valence-electron chi connectivity index (χ4n) is 4.05. The molecule has 2 aromatic rings. The highest BCUT2D eigenvalue weighted by molar-refractivity contribution is 7.39. The molecule has 0 amide bonds. The van der Waals surface area contributed by atoms with E-state index >= 15 is 0 Å². The van der Waals surface area contributed by atoms with Crippen molar-refractivity contribution in [1.82, 2.24) is 0 Å². The molecule has 0 aliphatic heterocycles. The number of benzene rings is 2. The van der Waals surface area contributed by atoms with E-state index in [4.69, 9.17) is 14.3 Å². The van der Waals surface area contributed by atoms with Crippen LogP contribution in [0, 0.1) is 5.92 Å². The Morgan fingerprint density at radius 1 is 1.03 bits per heavy atom. The van der Waals surface area contributed by atoms with Crippen molar-refractivity contribution in [2.24, 2.45) is 11.7 Å². The minimum Gasteiger partial charge on any atom is -0.333 e. The van der Waals surface area contributed by atoms with E-state index in [9.17, 15) is 4.79 Å². The number of rotatable bonds is 10. The van der Waals surface area contributed by atoms with Gasteiger partial charge in [-0.1, -0.05) is 54.6 Å². The highest BCUT2D eigenvalue weighted by Gasteiger charge is 2.26. The van der Waals surface area contributed by atoms with Crippen molar-refractivity contribution < 1.29 is 19.1 Å². The van der Waals surface area contributed by atoms with Crippen molar-refractivity contribution in [3.05, 3.63) is 71.3 Å². The Morgan fingerprint density at radius 3 is 2.40 bits per heavy atom. The van der Waals surface area contributed by atoms with Crippen LogP contribution in [-0.4, -0.2) is 29.2 Å². The second-order valence-corrected chi connectivity index (χ2v) is 8.43. The van der Waals surface area contributed by atoms with E-state index < -0.39 is 8.60 Å². The van der Waals surface area contributed by atoms with Crippen LogP contribution in [0.5, 0.6) is 0 Å². The predicted octanol–water partition coefficient (Wildman–Crippen LogP) is 4.97. The SMILES string of the molecule is CN.O=C(CCCCc1ccccc1)c1ccc(C2CCC(COP(O)O)C2)cc1. The zero-order valence-electron chi connectivity index (χ0n) is 17.7. The van der Waals surface area contributed by atoms with Gasteiger partial charge in [-0.15, -0.1) is 0 Å². The first kappa shape index (κ1) is 24.6. The molecule has 2 unspecified atom stereocenters. The largest absolute Gasteiger partial charge is 0.333 e. The molecule has 0 aromatic heterocycles. The van der Waals surface area contributed by atoms with Crippen LogP contribution in [0.15, 0.2) is 54.6 Å². The number of carbonyl (C=O) groups is 1. The number of Topliss-reactive ketones (excluding diaryl/α,β-unsaturated/α-hetero) is 1. The van der Waals surface area contributed by atoms with Crippen LogP contribution in [0.4, 0.5) is 0 Å². The summed E-state index contributed by atoms with van der Waals surface area (Å²) >= 11 is 0. The van der Waals surface area contributed by atoms with Gasteiger partial charge in [0.05, 0.1) is 6.61 Å². The van der Waals surface area contributed by atoms with E-state index in [1.807, 2.05) is 18.2 Å². The molecule has 4 N–H and O–H groups in total. The number of hydrogen-bond acceptors (Lipinski definition) is 5. The normalized spacial score (nSPS) is 18.2. The van der Waals surface area contributed by atoms with Crippen molar-refractivity contribution in [1.29, 1.82) is 0 Å². The monoisotopic (exact) mass is 431 g/mol. The highest BCUT2D eigenvalue weighted by atomic mass is 31.2.